The minimum absolute atomic E-state index is 0.0276. The third kappa shape index (κ3) is 4.84. The van der Waals surface area contributed by atoms with E-state index in [2.05, 4.69) is 18.5 Å². The number of thioether (sulfide) groups is 1. The molecule has 0 saturated heterocycles. The highest BCUT2D eigenvalue weighted by molar-refractivity contribution is 7.99. The molecule has 4 nitrogen and oxygen atoms in total. The van der Waals surface area contributed by atoms with E-state index >= 15 is 0 Å². The Hall–Kier alpha value is -0.780. The molecule has 0 fully saturated rings. The second-order valence-electron chi connectivity index (χ2n) is 4.04. The Balaban J connectivity index is 2.46. The van der Waals surface area contributed by atoms with E-state index in [1.807, 2.05) is 11.8 Å². The Morgan fingerprint density at radius 3 is 2.83 bits per heavy atom. The molecule has 1 rings (SSSR count). The summed E-state index contributed by atoms with van der Waals surface area (Å²) in [5.74, 6) is 0. The normalized spacial score (nSPS) is 12.4. The monoisotopic (exact) mass is 288 g/mol. The number of hydrogen-bond acceptors (Lipinski definition) is 4. The Kier molecular flexibility index (Phi) is 6.46. The maximum Gasteiger partial charge on any atom is 0.270 e. The van der Waals surface area contributed by atoms with Gasteiger partial charge in [-0.2, -0.15) is 11.8 Å². The Bertz CT molecular complexity index is 415. The molecule has 0 aliphatic carbocycles. The molecule has 0 bridgehead atoms. The van der Waals surface area contributed by atoms with Gasteiger partial charge < -0.3 is 5.32 Å². The number of nitro benzene ring substituents is 1. The third-order valence-corrected chi connectivity index (χ3v) is 4.09. The molecule has 0 amide bonds. The van der Waals surface area contributed by atoms with E-state index in [1.165, 1.54) is 12.1 Å². The lowest BCUT2D eigenvalue weighted by Gasteiger charge is -2.09. The number of nitro groups is 1. The summed E-state index contributed by atoms with van der Waals surface area (Å²) in [6, 6.07) is 4.57. The quantitative estimate of drug-likeness (QED) is 0.474. The summed E-state index contributed by atoms with van der Waals surface area (Å²) >= 11 is 7.83. The predicted molar refractivity (Wildman–Crippen MR) is 77.4 cm³/mol. The van der Waals surface area contributed by atoms with Crippen molar-refractivity contribution in [1.29, 1.82) is 0 Å². The maximum atomic E-state index is 10.6. The van der Waals surface area contributed by atoms with Gasteiger partial charge >= 0.3 is 0 Å². The van der Waals surface area contributed by atoms with Gasteiger partial charge in [-0.15, -0.1) is 0 Å². The zero-order chi connectivity index (χ0) is 13.5. The molecular weight excluding hydrogens is 272 g/mol. The molecular formula is C12H17ClN2O2S. The molecule has 1 N–H and O–H groups in total. The minimum atomic E-state index is -0.441. The number of nitrogens with one attached hydrogen (secondary N) is 1. The standard InChI is InChI=1S/C12H17ClN2O2S/c1-9(18-2)5-6-14-8-10-3-4-11(15(16)17)7-12(10)13/h3-4,7,9,14H,5-6,8H2,1-2H3. The largest absolute Gasteiger partial charge is 0.313 e. The van der Waals surface area contributed by atoms with Gasteiger partial charge in [-0.05, 0) is 30.9 Å². The van der Waals surface area contributed by atoms with Crippen LogP contribution < -0.4 is 5.32 Å². The lowest BCUT2D eigenvalue weighted by atomic mass is 10.2. The van der Waals surface area contributed by atoms with Gasteiger partial charge in [-0.3, -0.25) is 10.1 Å². The maximum absolute atomic E-state index is 10.6. The fraction of sp³-hybridized carbons (Fsp3) is 0.500. The van der Waals surface area contributed by atoms with Gasteiger partial charge in [-0.1, -0.05) is 18.5 Å². The van der Waals surface area contributed by atoms with Crippen LogP contribution in [-0.2, 0) is 6.54 Å². The van der Waals surface area contributed by atoms with Crippen LogP contribution in [0.5, 0.6) is 0 Å². The predicted octanol–water partition coefficient (Wildman–Crippen LogP) is 3.48. The zero-order valence-electron chi connectivity index (χ0n) is 10.5. The molecule has 0 aromatic heterocycles. The summed E-state index contributed by atoms with van der Waals surface area (Å²) in [7, 11) is 0. The fourth-order valence-corrected chi connectivity index (χ4v) is 2.03. The average Bonchev–Trinajstić information content (AvgIpc) is 2.35. The highest BCUT2D eigenvalue weighted by Crippen LogP contribution is 2.22. The molecule has 0 radical (unpaired) electrons. The molecule has 100 valence electrons. The second-order valence-corrected chi connectivity index (χ2v) is 5.73. The number of non-ortho nitro benzene ring substituents is 1. The van der Waals surface area contributed by atoms with Crippen LogP contribution >= 0.6 is 23.4 Å². The first kappa shape index (κ1) is 15.3. The second kappa shape index (κ2) is 7.61. The van der Waals surface area contributed by atoms with E-state index < -0.39 is 4.92 Å². The van der Waals surface area contributed by atoms with Crippen LogP contribution in [0, 0.1) is 10.1 Å². The Morgan fingerprint density at radius 2 is 2.28 bits per heavy atom. The molecule has 0 saturated carbocycles. The zero-order valence-corrected chi connectivity index (χ0v) is 12.1. The topological polar surface area (TPSA) is 55.2 Å². The highest BCUT2D eigenvalue weighted by Gasteiger charge is 2.09. The van der Waals surface area contributed by atoms with Crippen molar-refractivity contribution in [1.82, 2.24) is 5.32 Å². The molecule has 1 atom stereocenters. The van der Waals surface area contributed by atoms with E-state index in [1.54, 1.807) is 6.07 Å². The number of halogens is 1. The van der Waals surface area contributed by atoms with Crippen molar-refractivity contribution in [2.24, 2.45) is 0 Å². The summed E-state index contributed by atoms with van der Waals surface area (Å²) < 4.78 is 0. The van der Waals surface area contributed by atoms with Gasteiger partial charge in [0.1, 0.15) is 0 Å². The lowest BCUT2D eigenvalue weighted by Crippen LogP contribution is -2.17. The fourth-order valence-electron chi connectivity index (χ4n) is 1.44. The molecule has 0 aliphatic heterocycles. The summed E-state index contributed by atoms with van der Waals surface area (Å²) in [5.41, 5.74) is 0.916. The van der Waals surface area contributed by atoms with Crippen LogP contribution in [0.15, 0.2) is 18.2 Å². The van der Waals surface area contributed by atoms with Crippen LogP contribution in [-0.4, -0.2) is 23.0 Å². The van der Waals surface area contributed by atoms with Crippen LogP contribution in [0.2, 0.25) is 5.02 Å². The van der Waals surface area contributed by atoms with E-state index in [0.717, 1.165) is 18.5 Å². The first-order chi connectivity index (χ1) is 8.54. The molecule has 1 unspecified atom stereocenters. The van der Waals surface area contributed by atoms with E-state index in [0.29, 0.717) is 16.8 Å². The van der Waals surface area contributed by atoms with Crippen LogP contribution in [0.1, 0.15) is 18.9 Å². The van der Waals surface area contributed by atoms with Crippen molar-refractivity contribution in [3.8, 4) is 0 Å². The van der Waals surface area contributed by atoms with E-state index in [9.17, 15) is 10.1 Å². The molecule has 0 aliphatic rings. The van der Waals surface area contributed by atoms with Crippen LogP contribution in [0.3, 0.4) is 0 Å². The molecule has 6 heteroatoms. The summed E-state index contributed by atoms with van der Waals surface area (Å²) in [5, 5.41) is 14.9. The molecule has 0 spiro atoms. The number of benzene rings is 1. The molecule has 0 heterocycles. The summed E-state index contributed by atoms with van der Waals surface area (Å²) in [4.78, 5) is 10.1. The molecule has 1 aromatic rings. The average molecular weight is 289 g/mol. The number of rotatable bonds is 7. The minimum Gasteiger partial charge on any atom is -0.313 e. The summed E-state index contributed by atoms with van der Waals surface area (Å²) in [6.45, 7) is 3.73. The number of nitrogens with zero attached hydrogens (tertiary/aromatic N) is 1. The van der Waals surface area contributed by atoms with E-state index in [-0.39, 0.29) is 5.69 Å². The first-order valence-corrected chi connectivity index (χ1v) is 7.37. The van der Waals surface area contributed by atoms with Gasteiger partial charge in [0.25, 0.3) is 5.69 Å². The van der Waals surface area contributed by atoms with Gasteiger partial charge in [0.15, 0.2) is 0 Å². The van der Waals surface area contributed by atoms with Crippen molar-refractivity contribution in [3.05, 3.63) is 38.9 Å². The smallest absolute Gasteiger partial charge is 0.270 e. The molecule has 1 aromatic carbocycles. The first-order valence-electron chi connectivity index (χ1n) is 5.71. The highest BCUT2D eigenvalue weighted by atomic mass is 35.5. The Morgan fingerprint density at radius 1 is 1.56 bits per heavy atom. The van der Waals surface area contributed by atoms with Gasteiger partial charge in [0.05, 0.1) is 9.95 Å². The number of hydrogen-bond donors (Lipinski definition) is 1. The van der Waals surface area contributed by atoms with Crippen LogP contribution in [0.25, 0.3) is 0 Å². The SMILES string of the molecule is CSC(C)CCNCc1ccc([N+](=O)[O-])cc1Cl. The van der Waals surface area contributed by atoms with Gasteiger partial charge in [0.2, 0.25) is 0 Å². The van der Waals surface area contributed by atoms with E-state index in [4.69, 9.17) is 11.6 Å². The van der Waals surface area contributed by atoms with Crippen molar-refractivity contribution in [3.63, 3.8) is 0 Å². The molecule has 18 heavy (non-hydrogen) atoms. The van der Waals surface area contributed by atoms with Gasteiger partial charge in [0, 0.05) is 23.9 Å². The van der Waals surface area contributed by atoms with Crippen molar-refractivity contribution in [2.45, 2.75) is 25.1 Å². The third-order valence-electron chi connectivity index (χ3n) is 2.69. The van der Waals surface area contributed by atoms with Crippen molar-refractivity contribution < 1.29 is 4.92 Å². The lowest BCUT2D eigenvalue weighted by molar-refractivity contribution is -0.384. The van der Waals surface area contributed by atoms with Crippen LogP contribution in [0.4, 0.5) is 5.69 Å². The van der Waals surface area contributed by atoms with Gasteiger partial charge in [-0.25, -0.2) is 0 Å². The Labute approximate surface area is 116 Å². The van der Waals surface area contributed by atoms with Crippen molar-refractivity contribution >= 4 is 29.1 Å². The van der Waals surface area contributed by atoms with Crippen molar-refractivity contribution in [2.75, 3.05) is 12.8 Å². The summed E-state index contributed by atoms with van der Waals surface area (Å²) in [6.07, 6.45) is 3.18.